The summed E-state index contributed by atoms with van der Waals surface area (Å²) >= 11 is 1.39. The number of anilines is 1. The first kappa shape index (κ1) is 26.2. The molecule has 8 nitrogen and oxygen atoms in total. The number of nitrogens with one attached hydrogen (secondary N) is 1. The molecule has 0 spiro atoms. The molecule has 9 heteroatoms. The SMILES string of the molecule is CCc1nn(-c2ccccc2)c2nc(-c3ccccc3)nc(S[C@H](C)C(=O)Nc3ccc(OC)c(OC)c3)c12. The number of fused-ring (bicyclic) bond motifs is 1. The Balaban J connectivity index is 1.54. The number of aryl methyl sites for hydroxylation is 1. The smallest absolute Gasteiger partial charge is 0.237 e. The van der Waals surface area contributed by atoms with Gasteiger partial charge in [-0.3, -0.25) is 4.79 Å². The van der Waals surface area contributed by atoms with Crippen molar-refractivity contribution >= 4 is 34.4 Å². The summed E-state index contributed by atoms with van der Waals surface area (Å²) in [5, 5.41) is 9.01. The van der Waals surface area contributed by atoms with Gasteiger partial charge in [-0.25, -0.2) is 14.6 Å². The monoisotopic (exact) mass is 539 g/mol. The Morgan fingerprint density at radius 3 is 2.31 bits per heavy atom. The van der Waals surface area contributed by atoms with Gasteiger partial charge in [-0.2, -0.15) is 5.10 Å². The minimum atomic E-state index is -0.454. The van der Waals surface area contributed by atoms with Gasteiger partial charge in [0.1, 0.15) is 5.03 Å². The molecule has 0 bridgehead atoms. The van der Waals surface area contributed by atoms with E-state index in [1.54, 1.807) is 32.4 Å². The van der Waals surface area contributed by atoms with Crippen LogP contribution in [0.25, 0.3) is 28.1 Å². The summed E-state index contributed by atoms with van der Waals surface area (Å²) in [6.07, 6.45) is 0.699. The third kappa shape index (κ3) is 5.44. The number of hydrogen-bond acceptors (Lipinski definition) is 7. The molecule has 1 N–H and O–H groups in total. The highest BCUT2D eigenvalue weighted by Gasteiger charge is 2.24. The van der Waals surface area contributed by atoms with Crippen LogP contribution in [0.2, 0.25) is 0 Å². The van der Waals surface area contributed by atoms with E-state index >= 15 is 0 Å². The van der Waals surface area contributed by atoms with Crippen molar-refractivity contribution in [1.82, 2.24) is 19.7 Å². The van der Waals surface area contributed by atoms with E-state index in [0.29, 0.717) is 40.1 Å². The van der Waals surface area contributed by atoms with E-state index in [2.05, 4.69) is 12.2 Å². The highest BCUT2D eigenvalue weighted by Crippen LogP contribution is 2.35. The van der Waals surface area contributed by atoms with Gasteiger partial charge in [0.2, 0.25) is 5.91 Å². The largest absolute Gasteiger partial charge is 0.493 e. The van der Waals surface area contributed by atoms with Crippen LogP contribution in [-0.4, -0.2) is 45.1 Å². The van der Waals surface area contributed by atoms with Crippen LogP contribution in [0, 0.1) is 0 Å². The van der Waals surface area contributed by atoms with E-state index in [0.717, 1.165) is 22.3 Å². The second-order valence-corrected chi connectivity index (χ2v) is 10.1. The number of benzene rings is 3. The van der Waals surface area contributed by atoms with E-state index in [-0.39, 0.29) is 5.91 Å². The second-order valence-electron chi connectivity index (χ2n) is 8.78. The maximum absolute atomic E-state index is 13.3. The molecule has 0 aliphatic heterocycles. The van der Waals surface area contributed by atoms with Gasteiger partial charge in [-0.05, 0) is 37.6 Å². The van der Waals surface area contributed by atoms with Crippen molar-refractivity contribution in [3.05, 3.63) is 84.6 Å². The van der Waals surface area contributed by atoms with Gasteiger partial charge in [0.15, 0.2) is 23.0 Å². The Hall–Kier alpha value is -4.37. The third-order valence-electron chi connectivity index (χ3n) is 6.24. The molecule has 1 amide bonds. The first-order valence-electron chi connectivity index (χ1n) is 12.6. The fraction of sp³-hybridized carbons (Fsp3) is 0.200. The molecule has 39 heavy (non-hydrogen) atoms. The lowest BCUT2D eigenvalue weighted by atomic mass is 10.2. The number of para-hydroxylation sites is 1. The Kier molecular flexibility index (Phi) is 7.79. The van der Waals surface area contributed by atoms with Crippen LogP contribution in [0.5, 0.6) is 11.5 Å². The van der Waals surface area contributed by atoms with Gasteiger partial charge >= 0.3 is 0 Å². The van der Waals surface area contributed by atoms with Gasteiger partial charge in [-0.1, -0.05) is 67.2 Å². The van der Waals surface area contributed by atoms with Gasteiger partial charge in [-0.15, -0.1) is 0 Å². The molecule has 0 saturated heterocycles. The van der Waals surface area contributed by atoms with Crippen molar-refractivity contribution < 1.29 is 14.3 Å². The predicted molar refractivity (Wildman–Crippen MR) is 155 cm³/mol. The lowest BCUT2D eigenvalue weighted by Crippen LogP contribution is -2.22. The average Bonchev–Trinajstić information content (AvgIpc) is 3.37. The van der Waals surface area contributed by atoms with E-state index in [1.165, 1.54) is 11.8 Å². The maximum atomic E-state index is 13.3. The van der Waals surface area contributed by atoms with Crippen LogP contribution in [0.15, 0.2) is 83.9 Å². The summed E-state index contributed by atoms with van der Waals surface area (Å²) in [5.41, 5.74) is 4.01. The molecule has 0 aliphatic rings. The minimum absolute atomic E-state index is 0.159. The van der Waals surface area contributed by atoms with Crippen LogP contribution in [-0.2, 0) is 11.2 Å². The Morgan fingerprint density at radius 2 is 1.64 bits per heavy atom. The predicted octanol–water partition coefficient (Wildman–Crippen LogP) is 6.18. The number of thioether (sulfide) groups is 1. The molecule has 0 fully saturated rings. The molecule has 1 atom stereocenters. The van der Waals surface area contributed by atoms with Gasteiger partial charge in [0.25, 0.3) is 0 Å². The molecule has 5 rings (SSSR count). The number of carbonyl (C=O) groups excluding carboxylic acids is 1. The topological polar surface area (TPSA) is 91.2 Å². The lowest BCUT2D eigenvalue weighted by Gasteiger charge is -2.15. The summed E-state index contributed by atoms with van der Waals surface area (Å²) < 4.78 is 12.5. The van der Waals surface area contributed by atoms with Gasteiger partial charge in [0.05, 0.1) is 36.2 Å². The zero-order valence-corrected chi connectivity index (χ0v) is 23.0. The van der Waals surface area contributed by atoms with Crippen molar-refractivity contribution in [3.8, 4) is 28.6 Å². The summed E-state index contributed by atoms with van der Waals surface area (Å²) in [6, 6.07) is 25.1. The maximum Gasteiger partial charge on any atom is 0.237 e. The molecule has 198 valence electrons. The van der Waals surface area contributed by atoms with Crippen molar-refractivity contribution in [3.63, 3.8) is 0 Å². The number of aromatic nitrogens is 4. The fourth-order valence-electron chi connectivity index (χ4n) is 4.23. The van der Waals surface area contributed by atoms with E-state index in [4.69, 9.17) is 24.5 Å². The van der Waals surface area contributed by atoms with E-state index in [9.17, 15) is 4.79 Å². The molecule has 5 aromatic rings. The normalized spacial score (nSPS) is 11.8. The van der Waals surface area contributed by atoms with Crippen LogP contribution >= 0.6 is 11.8 Å². The van der Waals surface area contributed by atoms with Crippen molar-refractivity contribution in [2.45, 2.75) is 30.5 Å². The Bertz CT molecular complexity index is 1610. The van der Waals surface area contributed by atoms with Crippen LogP contribution in [0.4, 0.5) is 5.69 Å². The average molecular weight is 540 g/mol. The van der Waals surface area contributed by atoms with Gasteiger partial charge < -0.3 is 14.8 Å². The van der Waals surface area contributed by atoms with Crippen molar-refractivity contribution in [2.75, 3.05) is 19.5 Å². The number of hydrogen-bond donors (Lipinski definition) is 1. The van der Waals surface area contributed by atoms with Crippen molar-refractivity contribution in [1.29, 1.82) is 0 Å². The first-order valence-corrected chi connectivity index (χ1v) is 13.5. The van der Waals surface area contributed by atoms with Crippen molar-refractivity contribution in [2.24, 2.45) is 0 Å². The zero-order valence-electron chi connectivity index (χ0n) is 22.2. The Labute approximate surface area is 231 Å². The minimum Gasteiger partial charge on any atom is -0.493 e. The van der Waals surface area contributed by atoms with Crippen LogP contribution < -0.4 is 14.8 Å². The number of ether oxygens (including phenoxy) is 2. The zero-order chi connectivity index (χ0) is 27.4. The first-order chi connectivity index (χ1) is 19.0. The number of methoxy groups -OCH3 is 2. The molecule has 3 aromatic carbocycles. The number of nitrogens with zero attached hydrogens (tertiary/aromatic N) is 4. The summed E-state index contributed by atoms with van der Waals surface area (Å²) in [6.45, 7) is 3.92. The molecular weight excluding hydrogens is 510 g/mol. The van der Waals surface area contributed by atoms with Crippen LogP contribution in [0.3, 0.4) is 0 Å². The summed E-state index contributed by atoms with van der Waals surface area (Å²) in [4.78, 5) is 23.2. The summed E-state index contributed by atoms with van der Waals surface area (Å²) in [5.74, 6) is 1.56. The molecular formula is C30H29N5O3S. The molecule has 0 aliphatic carbocycles. The third-order valence-corrected chi connectivity index (χ3v) is 7.33. The lowest BCUT2D eigenvalue weighted by molar-refractivity contribution is -0.115. The molecule has 0 radical (unpaired) electrons. The fourth-order valence-corrected chi connectivity index (χ4v) is 5.20. The van der Waals surface area contributed by atoms with E-state index in [1.807, 2.05) is 72.3 Å². The Morgan fingerprint density at radius 1 is 0.949 bits per heavy atom. The van der Waals surface area contributed by atoms with Gasteiger partial charge in [0, 0.05) is 17.3 Å². The summed E-state index contributed by atoms with van der Waals surface area (Å²) in [7, 11) is 3.14. The highest BCUT2D eigenvalue weighted by molar-refractivity contribution is 8.00. The quantitative estimate of drug-likeness (QED) is 0.177. The molecule has 2 heterocycles. The molecule has 0 saturated carbocycles. The van der Waals surface area contributed by atoms with E-state index < -0.39 is 5.25 Å². The number of carbonyl (C=O) groups is 1. The molecule has 0 unspecified atom stereocenters. The number of amides is 1. The van der Waals surface area contributed by atoms with Crippen LogP contribution in [0.1, 0.15) is 19.5 Å². The second kappa shape index (κ2) is 11.6. The number of rotatable bonds is 9. The molecule has 2 aromatic heterocycles. The highest BCUT2D eigenvalue weighted by atomic mass is 32.2. The standard InChI is InChI=1S/C30H29N5O3S/c1-5-23-26-28(35(34-23)22-14-10-7-11-15-22)32-27(20-12-8-6-9-13-20)33-30(26)39-19(2)29(36)31-21-16-17-24(37-3)25(18-21)38-4/h6-19H,5H2,1-4H3,(H,31,36)/t19-/m1/s1.